The van der Waals surface area contributed by atoms with Crippen LogP contribution in [0.1, 0.15) is 32.1 Å². The van der Waals surface area contributed by atoms with E-state index in [0.29, 0.717) is 0 Å². The summed E-state index contributed by atoms with van der Waals surface area (Å²) in [5.74, 6) is 0.882. The molecular weight excluding hydrogens is 444 g/mol. The number of aromatic nitrogens is 1. The quantitative estimate of drug-likeness (QED) is 0.508. The zero-order valence-electron chi connectivity index (χ0n) is 16.7. The highest BCUT2D eigenvalue weighted by Crippen LogP contribution is 2.26. The molecule has 0 spiro atoms. The topological polar surface area (TPSA) is 26.5 Å². The Labute approximate surface area is 187 Å². The van der Waals surface area contributed by atoms with Crippen LogP contribution in [0, 0.1) is 0 Å². The third kappa shape index (κ3) is 5.49. The number of para-hydroxylation sites is 1. The highest BCUT2D eigenvalue weighted by molar-refractivity contribution is 7.07. The fraction of sp³-hybridized carbons (Fsp3) is 0.292. The Morgan fingerprint density at radius 1 is 1.03 bits per heavy atom. The van der Waals surface area contributed by atoms with Crippen molar-refractivity contribution in [1.82, 2.24) is 4.57 Å². The van der Waals surface area contributed by atoms with Gasteiger partial charge in [-0.2, -0.15) is 0 Å². The van der Waals surface area contributed by atoms with Gasteiger partial charge in [0, 0.05) is 11.9 Å². The number of halogens is 1. The number of nitrogens with zero attached hydrogens (tertiary/aromatic N) is 2. The second kappa shape index (κ2) is 10.6. The molecule has 0 fully saturated rings. The van der Waals surface area contributed by atoms with Crippen molar-refractivity contribution in [1.29, 1.82) is 0 Å². The van der Waals surface area contributed by atoms with Gasteiger partial charge in [0.15, 0.2) is 4.80 Å². The van der Waals surface area contributed by atoms with E-state index in [2.05, 4.69) is 40.3 Å². The number of allylic oxidation sites excluding steroid dienone is 2. The molecule has 0 N–H and O–H groups in total. The summed E-state index contributed by atoms with van der Waals surface area (Å²) in [7, 11) is 1.70. The third-order valence-corrected chi connectivity index (χ3v) is 6.07. The van der Waals surface area contributed by atoms with E-state index in [0.717, 1.165) is 29.2 Å². The molecule has 0 amide bonds. The Hall–Kier alpha value is -2.11. The van der Waals surface area contributed by atoms with E-state index >= 15 is 0 Å². The van der Waals surface area contributed by atoms with Crippen molar-refractivity contribution < 1.29 is 21.7 Å². The van der Waals surface area contributed by atoms with Crippen molar-refractivity contribution in [2.24, 2.45) is 4.99 Å². The maximum Gasteiger partial charge on any atom is 0.190 e. The van der Waals surface area contributed by atoms with E-state index in [-0.39, 0.29) is 17.0 Å². The van der Waals surface area contributed by atoms with E-state index in [1.807, 2.05) is 30.3 Å². The minimum atomic E-state index is 0. The van der Waals surface area contributed by atoms with Gasteiger partial charge in [-0.15, -0.1) is 11.3 Å². The lowest BCUT2D eigenvalue weighted by Crippen LogP contribution is -3.00. The number of ether oxygens (including phenoxy) is 1. The van der Waals surface area contributed by atoms with Crippen LogP contribution in [0.15, 0.2) is 76.6 Å². The molecule has 2 aromatic carbocycles. The second-order valence-corrected chi connectivity index (χ2v) is 7.93. The van der Waals surface area contributed by atoms with E-state index in [9.17, 15) is 0 Å². The third-order valence-electron chi connectivity index (χ3n) is 5.21. The summed E-state index contributed by atoms with van der Waals surface area (Å²) in [5.41, 5.74) is 5.01. The number of methoxy groups -OCH3 is 1. The molecule has 0 unspecified atom stereocenters. The summed E-state index contributed by atoms with van der Waals surface area (Å²) in [6.45, 7) is 0.961. The first kappa shape index (κ1) is 21.6. The number of rotatable bonds is 6. The van der Waals surface area contributed by atoms with Gasteiger partial charge in [0.1, 0.15) is 5.75 Å². The van der Waals surface area contributed by atoms with Crippen molar-refractivity contribution in [2.75, 3.05) is 7.11 Å². The molecule has 1 aliphatic carbocycles. The minimum Gasteiger partial charge on any atom is -1.00 e. The molecule has 0 aliphatic heterocycles. The number of thiazole rings is 1. The van der Waals surface area contributed by atoms with Gasteiger partial charge in [0.05, 0.1) is 18.5 Å². The normalized spacial score (nSPS) is 14.2. The smallest absolute Gasteiger partial charge is 0.190 e. The van der Waals surface area contributed by atoms with Crippen molar-refractivity contribution in [2.45, 2.75) is 38.6 Å². The highest BCUT2D eigenvalue weighted by Gasteiger charge is 2.11. The van der Waals surface area contributed by atoms with Gasteiger partial charge in [-0.25, -0.2) is 4.99 Å². The van der Waals surface area contributed by atoms with Gasteiger partial charge < -0.3 is 26.3 Å². The molecule has 1 heterocycles. The number of benzene rings is 2. The van der Waals surface area contributed by atoms with Crippen molar-refractivity contribution in [3.8, 4) is 17.0 Å². The zero-order valence-corrected chi connectivity index (χ0v) is 19.1. The standard InChI is InChI=1S/C24H26N2OS.BrH/c1-27-22-14-12-20(13-15-22)23-18-28-24(25-21-10-6-3-7-11-21)26(23)17-16-19-8-4-2-5-9-19;/h3,6-8,10-15,18H,2,4-5,9,16-17H2,1H3;1H/p-1. The predicted molar refractivity (Wildman–Crippen MR) is 117 cm³/mol. The molecule has 29 heavy (non-hydrogen) atoms. The van der Waals surface area contributed by atoms with Gasteiger partial charge in [-0.1, -0.05) is 29.8 Å². The zero-order chi connectivity index (χ0) is 19.2. The first-order valence-corrected chi connectivity index (χ1v) is 10.8. The van der Waals surface area contributed by atoms with Gasteiger partial charge >= 0.3 is 0 Å². The molecule has 5 heteroatoms. The van der Waals surface area contributed by atoms with Crippen molar-refractivity contribution in [3.05, 3.63) is 76.4 Å². The van der Waals surface area contributed by atoms with Crippen molar-refractivity contribution in [3.63, 3.8) is 0 Å². The molecule has 0 bridgehead atoms. The van der Waals surface area contributed by atoms with Crippen LogP contribution in [0.3, 0.4) is 0 Å². The first-order chi connectivity index (χ1) is 13.8. The number of hydrogen-bond acceptors (Lipinski definition) is 3. The van der Waals surface area contributed by atoms with E-state index in [4.69, 9.17) is 9.73 Å². The van der Waals surface area contributed by atoms with Crippen LogP contribution in [0.25, 0.3) is 11.3 Å². The highest BCUT2D eigenvalue weighted by atomic mass is 79.9. The van der Waals surface area contributed by atoms with E-state index in [1.54, 1.807) is 24.0 Å². The van der Waals surface area contributed by atoms with Crippen LogP contribution in [-0.4, -0.2) is 11.7 Å². The summed E-state index contributed by atoms with van der Waals surface area (Å²) in [6.07, 6.45) is 8.68. The van der Waals surface area contributed by atoms with Crippen LogP contribution < -0.4 is 26.5 Å². The molecule has 0 radical (unpaired) electrons. The van der Waals surface area contributed by atoms with Crippen LogP contribution in [0.4, 0.5) is 5.69 Å². The van der Waals surface area contributed by atoms with E-state index in [1.165, 1.54) is 36.9 Å². The van der Waals surface area contributed by atoms with Crippen molar-refractivity contribution >= 4 is 17.0 Å². The maximum atomic E-state index is 5.32. The van der Waals surface area contributed by atoms with Gasteiger partial charge in [-0.3, -0.25) is 0 Å². The van der Waals surface area contributed by atoms with Gasteiger partial charge in [-0.05, 0) is 74.1 Å². The summed E-state index contributed by atoms with van der Waals surface area (Å²) in [6, 6.07) is 18.5. The Kier molecular flexibility index (Phi) is 7.90. The lowest BCUT2D eigenvalue weighted by atomic mass is 9.97. The molecule has 0 saturated carbocycles. The Morgan fingerprint density at radius 3 is 2.52 bits per heavy atom. The summed E-state index contributed by atoms with van der Waals surface area (Å²) in [5, 5.41) is 2.22. The van der Waals surface area contributed by atoms with E-state index < -0.39 is 0 Å². The monoisotopic (exact) mass is 469 g/mol. The molecule has 152 valence electrons. The first-order valence-electron chi connectivity index (χ1n) is 9.94. The maximum absolute atomic E-state index is 5.32. The van der Waals surface area contributed by atoms with Crippen LogP contribution in [0.5, 0.6) is 5.75 Å². The largest absolute Gasteiger partial charge is 1.00 e. The molecule has 0 saturated heterocycles. The van der Waals surface area contributed by atoms with Gasteiger partial charge in [0.2, 0.25) is 0 Å². The fourth-order valence-electron chi connectivity index (χ4n) is 3.63. The predicted octanol–water partition coefficient (Wildman–Crippen LogP) is 3.35. The SMILES string of the molecule is COc1ccc(-c2csc(=Nc3ccccc3)n2CCC2=CCCCC2)cc1.[Br-]. The van der Waals surface area contributed by atoms with Crippen LogP contribution in [0.2, 0.25) is 0 Å². The minimum absolute atomic E-state index is 0. The molecule has 4 rings (SSSR count). The molecule has 1 aliphatic rings. The Bertz CT molecular complexity index is 1000. The number of hydrogen-bond donors (Lipinski definition) is 0. The molecular formula is C24H26BrN2OS-. The van der Waals surface area contributed by atoms with Crippen LogP contribution >= 0.6 is 11.3 Å². The van der Waals surface area contributed by atoms with Crippen LogP contribution in [-0.2, 0) is 6.54 Å². The lowest BCUT2D eigenvalue weighted by molar-refractivity contribution is -0.00000593. The lowest BCUT2D eigenvalue weighted by Gasteiger charge is -2.15. The average molecular weight is 470 g/mol. The summed E-state index contributed by atoms with van der Waals surface area (Å²) >= 11 is 1.71. The summed E-state index contributed by atoms with van der Waals surface area (Å²) < 4.78 is 7.69. The summed E-state index contributed by atoms with van der Waals surface area (Å²) in [4.78, 5) is 5.97. The Morgan fingerprint density at radius 2 is 1.83 bits per heavy atom. The molecule has 3 aromatic rings. The Balaban J connectivity index is 0.00000240. The fourth-order valence-corrected chi connectivity index (χ4v) is 4.58. The van der Waals surface area contributed by atoms with Gasteiger partial charge in [0.25, 0.3) is 0 Å². The molecule has 0 atom stereocenters. The average Bonchev–Trinajstić information content (AvgIpc) is 3.16. The second-order valence-electron chi connectivity index (χ2n) is 7.09. The molecule has 1 aromatic heterocycles. The molecule has 3 nitrogen and oxygen atoms in total.